The third-order valence-electron chi connectivity index (χ3n) is 2.94. The van der Waals surface area contributed by atoms with E-state index >= 15 is 0 Å². The van der Waals surface area contributed by atoms with Gasteiger partial charge < -0.3 is 15.9 Å². The maximum atomic E-state index is 13.7. The predicted molar refractivity (Wildman–Crippen MR) is 61.9 cm³/mol. The first-order valence-electron chi connectivity index (χ1n) is 5.37. The van der Waals surface area contributed by atoms with Gasteiger partial charge in [-0.1, -0.05) is 6.42 Å². The Balaban J connectivity index is 2.52. The molecule has 17 heavy (non-hydrogen) atoms. The van der Waals surface area contributed by atoms with Crippen LogP contribution in [0.2, 0.25) is 6.04 Å². The summed E-state index contributed by atoms with van der Waals surface area (Å²) in [5.41, 5.74) is 10.2. The third-order valence-corrected chi connectivity index (χ3v) is 5.72. The molecule has 1 aliphatic heterocycles. The summed E-state index contributed by atoms with van der Waals surface area (Å²) >= 11 is 0. The second kappa shape index (κ2) is 4.57. The van der Waals surface area contributed by atoms with Crippen LogP contribution in [0, 0.1) is 17.5 Å². The van der Waals surface area contributed by atoms with Crippen molar-refractivity contribution >= 4 is 25.6 Å². The van der Waals surface area contributed by atoms with Gasteiger partial charge in [0.05, 0.1) is 11.4 Å². The number of hydrogen-bond donors (Lipinski definition) is 2. The molecule has 1 fully saturated rings. The smallest absolute Gasteiger partial charge is 0.213 e. The lowest BCUT2D eigenvalue weighted by molar-refractivity contribution is 0.293. The Labute approximate surface area is 98.3 Å². The van der Waals surface area contributed by atoms with Gasteiger partial charge in [-0.05, 0) is 12.5 Å². The van der Waals surface area contributed by atoms with E-state index in [0.717, 1.165) is 12.8 Å². The van der Waals surface area contributed by atoms with Gasteiger partial charge >= 0.3 is 0 Å². The highest BCUT2D eigenvalue weighted by Crippen LogP contribution is 2.25. The van der Waals surface area contributed by atoms with Crippen molar-refractivity contribution in [2.24, 2.45) is 0 Å². The predicted octanol–water partition coefficient (Wildman–Crippen LogP) is 1.01. The molecular formula is C10H13F3N2OSi. The second-order valence-corrected chi connectivity index (χ2v) is 6.50. The van der Waals surface area contributed by atoms with Crippen LogP contribution < -0.4 is 16.7 Å². The van der Waals surface area contributed by atoms with Crippen LogP contribution in [0.4, 0.5) is 24.5 Å². The van der Waals surface area contributed by atoms with E-state index < -0.39 is 32.2 Å². The zero-order valence-corrected chi connectivity index (χ0v) is 10.3. The zero-order valence-electron chi connectivity index (χ0n) is 9.10. The Kier molecular flexibility index (Phi) is 3.30. The number of benzene rings is 1. The number of rotatable bonds is 1. The van der Waals surface area contributed by atoms with Gasteiger partial charge in [-0.2, -0.15) is 0 Å². The molecule has 0 amide bonds. The van der Waals surface area contributed by atoms with E-state index in [-0.39, 0.29) is 10.9 Å². The maximum Gasteiger partial charge on any atom is 0.213 e. The molecule has 2 rings (SSSR count). The van der Waals surface area contributed by atoms with Crippen molar-refractivity contribution in [1.82, 2.24) is 0 Å². The second-order valence-electron chi connectivity index (χ2n) is 4.04. The molecule has 94 valence electrons. The largest absolute Gasteiger partial charge is 0.415 e. The van der Waals surface area contributed by atoms with Crippen LogP contribution in [-0.4, -0.2) is 15.6 Å². The van der Waals surface area contributed by atoms with E-state index in [9.17, 15) is 13.2 Å². The summed E-state index contributed by atoms with van der Waals surface area (Å²) in [7, 11) is -2.13. The molecule has 0 bridgehead atoms. The number of anilines is 2. The molecule has 0 aliphatic carbocycles. The van der Waals surface area contributed by atoms with E-state index in [2.05, 4.69) is 0 Å². The van der Waals surface area contributed by atoms with E-state index in [1.165, 1.54) is 0 Å². The fraction of sp³-hybridized carbons (Fsp3) is 0.400. The summed E-state index contributed by atoms with van der Waals surface area (Å²) < 4.78 is 45.6. The quantitative estimate of drug-likeness (QED) is 0.451. The molecular weight excluding hydrogens is 249 g/mol. The van der Waals surface area contributed by atoms with Crippen LogP contribution in [0.25, 0.3) is 0 Å². The molecule has 0 saturated carbocycles. The molecule has 1 atom stereocenters. The summed E-state index contributed by atoms with van der Waals surface area (Å²) in [4.78, 5) is 0. The van der Waals surface area contributed by atoms with Crippen LogP contribution >= 0.6 is 0 Å². The lowest BCUT2D eigenvalue weighted by atomic mass is 10.2. The van der Waals surface area contributed by atoms with Gasteiger partial charge in [-0.25, -0.2) is 13.2 Å². The van der Waals surface area contributed by atoms with Gasteiger partial charge in [0, 0.05) is 11.8 Å². The topological polar surface area (TPSA) is 61.3 Å². The standard InChI is InChI=1S/C10H13F3N2OSi/c11-5-6(12)8(14)9(15)10(7(5)13)17-4-2-1-3-16-17/h17H,1-4,14-15H2. The summed E-state index contributed by atoms with van der Waals surface area (Å²) in [5, 5.41) is -0.0268. The van der Waals surface area contributed by atoms with Crippen LogP contribution in [0.3, 0.4) is 0 Å². The first-order valence-corrected chi connectivity index (χ1v) is 7.23. The molecule has 7 heteroatoms. The molecule has 0 spiro atoms. The lowest BCUT2D eigenvalue weighted by Gasteiger charge is -2.24. The number of hydrogen-bond acceptors (Lipinski definition) is 3. The highest BCUT2D eigenvalue weighted by Gasteiger charge is 2.30. The first kappa shape index (κ1) is 12.2. The van der Waals surface area contributed by atoms with Gasteiger partial charge in [-0.15, -0.1) is 0 Å². The van der Waals surface area contributed by atoms with E-state index in [1.807, 2.05) is 0 Å². The fourth-order valence-electron chi connectivity index (χ4n) is 2.00. The Bertz CT molecular complexity index is 421. The highest BCUT2D eigenvalue weighted by molar-refractivity contribution is 6.69. The lowest BCUT2D eigenvalue weighted by Crippen LogP contribution is -2.41. The normalized spacial score (nSPS) is 20.5. The van der Waals surface area contributed by atoms with Gasteiger partial charge in [-0.3, -0.25) is 0 Å². The highest BCUT2D eigenvalue weighted by atomic mass is 28.3. The summed E-state index contributed by atoms with van der Waals surface area (Å²) in [6, 6.07) is 0.658. The van der Waals surface area contributed by atoms with Gasteiger partial charge in [0.1, 0.15) is 0 Å². The first-order chi connectivity index (χ1) is 8.04. The Hall–Kier alpha value is -1.21. The van der Waals surface area contributed by atoms with Crippen LogP contribution in [-0.2, 0) is 4.43 Å². The molecule has 1 saturated heterocycles. The SMILES string of the molecule is Nc1c(N)c([SiH]2CCCCO2)c(F)c(F)c1F. The molecule has 0 radical (unpaired) electrons. The van der Waals surface area contributed by atoms with Gasteiger partial charge in [0.2, 0.25) is 9.04 Å². The van der Waals surface area contributed by atoms with Crippen LogP contribution in [0.5, 0.6) is 0 Å². The average Bonchev–Trinajstić information content (AvgIpc) is 2.36. The Morgan fingerprint density at radius 1 is 0.941 bits per heavy atom. The molecule has 4 N–H and O–H groups in total. The minimum absolute atomic E-state index is 0.0268. The van der Waals surface area contributed by atoms with Crippen molar-refractivity contribution in [3.63, 3.8) is 0 Å². The van der Waals surface area contributed by atoms with E-state index in [0.29, 0.717) is 12.7 Å². The van der Waals surface area contributed by atoms with Crippen LogP contribution in [0.15, 0.2) is 0 Å². The van der Waals surface area contributed by atoms with E-state index in [4.69, 9.17) is 15.9 Å². The van der Waals surface area contributed by atoms with Crippen molar-refractivity contribution in [2.75, 3.05) is 18.1 Å². The van der Waals surface area contributed by atoms with Crippen molar-refractivity contribution in [3.8, 4) is 0 Å². The number of nitrogens with two attached hydrogens (primary N) is 2. The van der Waals surface area contributed by atoms with Crippen molar-refractivity contribution in [3.05, 3.63) is 17.5 Å². The van der Waals surface area contributed by atoms with Crippen LogP contribution in [0.1, 0.15) is 12.8 Å². The van der Waals surface area contributed by atoms with Crippen molar-refractivity contribution < 1.29 is 17.6 Å². The number of nitrogen functional groups attached to an aromatic ring is 2. The van der Waals surface area contributed by atoms with Crippen molar-refractivity contribution in [2.45, 2.75) is 18.9 Å². The monoisotopic (exact) mass is 262 g/mol. The molecule has 3 nitrogen and oxygen atoms in total. The molecule has 1 aromatic rings. The number of halogens is 3. The van der Waals surface area contributed by atoms with E-state index in [1.54, 1.807) is 0 Å². The Morgan fingerprint density at radius 3 is 2.24 bits per heavy atom. The van der Waals surface area contributed by atoms with Gasteiger partial charge in [0.15, 0.2) is 17.5 Å². The minimum Gasteiger partial charge on any atom is -0.415 e. The third kappa shape index (κ3) is 2.00. The molecule has 0 aromatic heterocycles. The molecule has 1 heterocycles. The zero-order chi connectivity index (χ0) is 12.6. The summed E-state index contributed by atoms with van der Waals surface area (Å²) in [6.07, 6.45) is 1.78. The molecule has 1 aromatic carbocycles. The maximum absolute atomic E-state index is 13.7. The fourth-order valence-corrected chi connectivity index (χ4v) is 4.64. The van der Waals surface area contributed by atoms with Gasteiger partial charge in [0.25, 0.3) is 0 Å². The Morgan fingerprint density at radius 2 is 1.65 bits per heavy atom. The summed E-state index contributed by atoms with van der Waals surface area (Å²) in [5.74, 6) is -4.23. The minimum atomic E-state index is -2.13. The molecule has 1 unspecified atom stereocenters. The summed E-state index contributed by atoms with van der Waals surface area (Å²) in [6.45, 7) is 0.509. The van der Waals surface area contributed by atoms with Crippen molar-refractivity contribution in [1.29, 1.82) is 0 Å². The average molecular weight is 262 g/mol. The molecule has 1 aliphatic rings.